The zero-order chi connectivity index (χ0) is 21.1. The number of aryl methyl sites for hydroxylation is 1. The summed E-state index contributed by atoms with van der Waals surface area (Å²) in [4.78, 5) is 22.2. The van der Waals surface area contributed by atoms with E-state index in [0.29, 0.717) is 42.5 Å². The molecule has 0 aliphatic carbocycles. The van der Waals surface area contributed by atoms with Crippen molar-refractivity contribution in [1.29, 1.82) is 0 Å². The third-order valence-electron chi connectivity index (χ3n) is 4.91. The largest absolute Gasteiger partial charge is 0.487 e. The first-order chi connectivity index (χ1) is 14.5. The summed E-state index contributed by atoms with van der Waals surface area (Å²) in [6.07, 6.45) is 1.72. The van der Waals surface area contributed by atoms with Crippen molar-refractivity contribution in [2.45, 2.75) is 19.6 Å². The van der Waals surface area contributed by atoms with E-state index in [4.69, 9.17) is 10.5 Å². The highest BCUT2D eigenvalue weighted by Crippen LogP contribution is 2.24. The highest BCUT2D eigenvalue weighted by molar-refractivity contribution is 5.92. The van der Waals surface area contributed by atoms with Gasteiger partial charge in [0.1, 0.15) is 23.5 Å². The van der Waals surface area contributed by atoms with E-state index in [1.165, 1.54) is 6.07 Å². The highest BCUT2D eigenvalue weighted by Gasteiger charge is 2.29. The Labute approximate surface area is 173 Å². The first kappa shape index (κ1) is 19.6. The monoisotopic (exact) mass is 407 g/mol. The molecule has 3 N–H and O–H groups in total. The van der Waals surface area contributed by atoms with E-state index in [2.05, 4.69) is 20.2 Å². The lowest BCUT2D eigenvalue weighted by atomic mass is 10.1. The van der Waals surface area contributed by atoms with Gasteiger partial charge in [0, 0.05) is 18.3 Å². The number of ether oxygens (including phenoxy) is 1. The SMILES string of the molecule is Cc1cc(OC2CN(c3ccnc(NCc4cccc(C(N)=O)c4)n3)C2)ccc1F. The molecule has 154 valence electrons. The molecule has 30 heavy (non-hydrogen) atoms. The lowest BCUT2D eigenvalue weighted by molar-refractivity contribution is 0.1000. The number of carbonyl (C=O) groups is 1. The number of halogens is 1. The van der Waals surface area contributed by atoms with Gasteiger partial charge >= 0.3 is 0 Å². The van der Waals surface area contributed by atoms with Crippen molar-refractivity contribution in [3.63, 3.8) is 0 Å². The Morgan fingerprint density at radius 2 is 2.10 bits per heavy atom. The summed E-state index contributed by atoms with van der Waals surface area (Å²) in [5, 5.41) is 3.17. The minimum absolute atomic E-state index is 0.0257. The van der Waals surface area contributed by atoms with Gasteiger partial charge in [0.15, 0.2) is 0 Å². The Morgan fingerprint density at radius 3 is 2.87 bits per heavy atom. The molecular weight excluding hydrogens is 385 g/mol. The van der Waals surface area contributed by atoms with Crippen molar-refractivity contribution in [1.82, 2.24) is 9.97 Å². The number of nitrogens with zero attached hydrogens (tertiary/aromatic N) is 3. The number of anilines is 2. The molecular formula is C22H22FN5O2. The molecule has 0 bridgehead atoms. The third kappa shape index (κ3) is 4.48. The smallest absolute Gasteiger partial charge is 0.248 e. The molecule has 1 aromatic heterocycles. The van der Waals surface area contributed by atoms with E-state index in [1.807, 2.05) is 12.1 Å². The maximum absolute atomic E-state index is 13.4. The molecule has 1 aliphatic heterocycles. The fourth-order valence-corrected chi connectivity index (χ4v) is 3.21. The number of aromatic nitrogens is 2. The second kappa shape index (κ2) is 8.36. The van der Waals surface area contributed by atoms with Crippen LogP contribution in [0.1, 0.15) is 21.5 Å². The molecule has 1 fully saturated rings. The molecule has 1 saturated heterocycles. The summed E-state index contributed by atoms with van der Waals surface area (Å²) in [5.74, 6) is 1.27. The molecule has 7 nitrogen and oxygen atoms in total. The lowest BCUT2D eigenvalue weighted by Gasteiger charge is -2.39. The molecule has 2 aromatic carbocycles. The maximum atomic E-state index is 13.4. The molecule has 4 rings (SSSR count). The molecule has 2 heterocycles. The summed E-state index contributed by atoms with van der Waals surface area (Å²) in [6.45, 7) is 3.57. The fourth-order valence-electron chi connectivity index (χ4n) is 3.21. The average molecular weight is 407 g/mol. The summed E-state index contributed by atoms with van der Waals surface area (Å²) >= 11 is 0. The highest BCUT2D eigenvalue weighted by atomic mass is 19.1. The summed E-state index contributed by atoms with van der Waals surface area (Å²) in [6, 6.07) is 13.7. The predicted molar refractivity (Wildman–Crippen MR) is 112 cm³/mol. The van der Waals surface area contributed by atoms with Crippen LogP contribution in [0.25, 0.3) is 0 Å². The van der Waals surface area contributed by atoms with Gasteiger partial charge < -0.3 is 20.7 Å². The van der Waals surface area contributed by atoms with Gasteiger partial charge in [-0.3, -0.25) is 4.79 Å². The van der Waals surface area contributed by atoms with E-state index in [9.17, 15) is 9.18 Å². The van der Waals surface area contributed by atoms with Crippen LogP contribution >= 0.6 is 0 Å². The molecule has 1 aliphatic rings. The van der Waals surface area contributed by atoms with Gasteiger partial charge in [0.05, 0.1) is 13.1 Å². The zero-order valence-electron chi connectivity index (χ0n) is 16.5. The van der Waals surface area contributed by atoms with Crippen LogP contribution in [-0.2, 0) is 6.54 Å². The third-order valence-corrected chi connectivity index (χ3v) is 4.91. The molecule has 0 radical (unpaired) electrons. The quantitative estimate of drug-likeness (QED) is 0.626. The number of rotatable bonds is 7. The van der Waals surface area contributed by atoms with E-state index in [-0.39, 0.29) is 11.9 Å². The van der Waals surface area contributed by atoms with Gasteiger partial charge in [0.25, 0.3) is 0 Å². The molecule has 8 heteroatoms. The second-order valence-electron chi connectivity index (χ2n) is 7.21. The van der Waals surface area contributed by atoms with Crippen LogP contribution in [0.15, 0.2) is 54.7 Å². The molecule has 1 amide bonds. The molecule has 0 saturated carbocycles. The van der Waals surface area contributed by atoms with Crippen LogP contribution in [0.2, 0.25) is 0 Å². The summed E-state index contributed by atoms with van der Waals surface area (Å²) < 4.78 is 19.3. The number of nitrogens with two attached hydrogens (primary N) is 1. The van der Waals surface area contributed by atoms with Gasteiger partial charge in [0.2, 0.25) is 11.9 Å². The number of primary amides is 1. The van der Waals surface area contributed by atoms with Crippen LogP contribution in [0, 0.1) is 12.7 Å². The number of hydrogen-bond donors (Lipinski definition) is 2. The Bertz CT molecular complexity index is 1070. The fraction of sp³-hybridized carbons (Fsp3) is 0.227. The zero-order valence-corrected chi connectivity index (χ0v) is 16.5. The normalized spacial score (nSPS) is 13.6. The number of nitrogens with one attached hydrogen (secondary N) is 1. The van der Waals surface area contributed by atoms with Crippen LogP contribution in [0.5, 0.6) is 5.75 Å². The van der Waals surface area contributed by atoms with Crippen LogP contribution in [-0.4, -0.2) is 35.1 Å². The van der Waals surface area contributed by atoms with Gasteiger partial charge in [-0.2, -0.15) is 4.98 Å². The molecule has 0 spiro atoms. The minimum atomic E-state index is -0.458. The van der Waals surface area contributed by atoms with Gasteiger partial charge in [-0.05, 0) is 54.4 Å². The average Bonchev–Trinajstić information content (AvgIpc) is 2.72. The molecule has 3 aromatic rings. The van der Waals surface area contributed by atoms with E-state index >= 15 is 0 Å². The number of amides is 1. The van der Waals surface area contributed by atoms with Crippen LogP contribution in [0.3, 0.4) is 0 Å². The van der Waals surface area contributed by atoms with Crippen molar-refractivity contribution in [2.24, 2.45) is 5.73 Å². The minimum Gasteiger partial charge on any atom is -0.487 e. The Kier molecular flexibility index (Phi) is 5.47. The van der Waals surface area contributed by atoms with Gasteiger partial charge in [-0.15, -0.1) is 0 Å². The van der Waals surface area contributed by atoms with E-state index in [0.717, 1.165) is 11.4 Å². The maximum Gasteiger partial charge on any atom is 0.248 e. The topological polar surface area (TPSA) is 93.4 Å². The van der Waals surface area contributed by atoms with E-state index in [1.54, 1.807) is 43.5 Å². The Hall–Kier alpha value is -3.68. The molecule has 0 unspecified atom stereocenters. The summed E-state index contributed by atoms with van der Waals surface area (Å²) in [7, 11) is 0. The first-order valence-electron chi connectivity index (χ1n) is 9.61. The second-order valence-corrected chi connectivity index (χ2v) is 7.21. The van der Waals surface area contributed by atoms with E-state index < -0.39 is 5.91 Å². The standard InChI is InChI=1S/C22H22FN5O2/c1-14-9-17(5-6-19(14)23)30-18-12-28(13-18)20-7-8-25-22(27-20)26-11-15-3-2-4-16(10-15)21(24)29/h2-10,18H,11-13H2,1H3,(H2,24,29)(H,25,26,27). The molecule has 0 atom stereocenters. The first-order valence-corrected chi connectivity index (χ1v) is 9.61. The van der Waals surface area contributed by atoms with Gasteiger partial charge in [-0.1, -0.05) is 12.1 Å². The van der Waals surface area contributed by atoms with Crippen LogP contribution < -0.4 is 20.7 Å². The number of carbonyl (C=O) groups excluding carboxylic acids is 1. The van der Waals surface area contributed by atoms with Gasteiger partial charge in [-0.25, -0.2) is 9.37 Å². The predicted octanol–water partition coefficient (Wildman–Crippen LogP) is 2.90. The Morgan fingerprint density at radius 1 is 1.27 bits per heavy atom. The number of hydrogen-bond acceptors (Lipinski definition) is 6. The van der Waals surface area contributed by atoms with Crippen molar-refractivity contribution in [3.05, 3.63) is 77.2 Å². The number of benzene rings is 2. The summed E-state index contributed by atoms with van der Waals surface area (Å²) in [5.41, 5.74) is 7.26. The lowest BCUT2D eigenvalue weighted by Crippen LogP contribution is -2.54. The van der Waals surface area contributed by atoms with Crippen molar-refractivity contribution >= 4 is 17.7 Å². The van der Waals surface area contributed by atoms with Crippen molar-refractivity contribution < 1.29 is 13.9 Å². The Balaban J connectivity index is 1.32. The van der Waals surface area contributed by atoms with Crippen molar-refractivity contribution in [3.8, 4) is 5.75 Å². The van der Waals surface area contributed by atoms with Crippen molar-refractivity contribution in [2.75, 3.05) is 23.3 Å². The van der Waals surface area contributed by atoms with Crippen LogP contribution in [0.4, 0.5) is 16.2 Å².